The summed E-state index contributed by atoms with van der Waals surface area (Å²) in [5.41, 5.74) is 1.33. The number of benzene rings is 1. The summed E-state index contributed by atoms with van der Waals surface area (Å²) in [5, 5.41) is 9.78. The molecule has 0 spiro atoms. The van der Waals surface area contributed by atoms with Crippen LogP contribution in [0.1, 0.15) is 18.9 Å². The zero-order valence-electron chi connectivity index (χ0n) is 9.26. The Bertz CT molecular complexity index is 299. The number of hydrogen-bond donors (Lipinski definition) is 1. The van der Waals surface area contributed by atoms with Crippen LogP contribution in [-0.4, -0.2) is 29.2 Å². The van der Waals surface area contributed by atoms with E-state index in [0.29, 0.717) is 5.92 Å². The maximum Gasteiger partial charge on any atom is 0.0693 e. The Hall–Kier alpha value is -0.860. The molecular weight excluding hydrogens is 186 g/mol. The molecule has 2 atom stereocenters. The summed E-state index contributed by atoms with van der Waals surface area (Å²) >= 11 is 0. The van der Waals surface area contributed by atoms with E-state index >= 15 is 0 Å². The molecule has 0 amide bonds. The van der Waals surface area contributed by atoms with Gasteiger partial charge in [0.15, 0.2) is 0 Å². The van der Waals surface area contributed by atoms with Gasteiger partial charge in [0, 0.05) is 13.1 Å². The average molecular weight is 205 g/mol. The summed E-state index contributed by atoms with van der Waals surface area (Å²) in [6.45, 7) is 5.01. The lowest BCUT2D eigenvalue weighted by molar-refractivity contribution is 0.0259. The topological polar surface area (TPSA) is 23.5 Å². The van der Waals surface area contributed by atoms with E-state index in [1.807, 2.05) is 6.07 Å². The lowest BCUT2D eigenvalue weighted by atomic mass is 9.96. The smallest absolute Gasteiger partial charge is 0.0693 e. The maximum absolute atomic E-state index is 9.78. The Balaban J connectivity index is 1.91. The molecule has 2 nitrogen and oxygen atoms in total. The molecule has 0 aliphatic carbocycles. The van der Waals surface area contributed by atoms with Crippen molar-refractivity contribution in [2.24, 2.45) is 5.92 Å². The molecule has 1 aliphatic heterocycles. The fourth-order valence-electron chi connectivity index (χ4n) is 2.10. The van der Waals surface area contributed by atoms with Crippen molar-refractivity contribution in [3.63, 3.8) is 0 Å². The van der Waals surface area contributed by atoms with Crippen LogP contribution in [0.5, 0.6) is 0 Å². The van der Waals surface area contributed by atoms with E-state index in [1.165, 1.54) is 5.56 Å². The molecule has 82 valence electrons. The van der Waals surface area contributed by atoms with Gasteiger partial charge in [-0.05, 0) is 24.4 Å². The van der Waals surface area contributed by atoms with Crippen LogP contribution in [0, 0.1) is 5.92 Å². The summed E-state index contributed by atoms with van der Waals surface area (Å²) in [7, 11) is 0. The lowest BCUT2D eigenvalue weighted by Gasteiger charge is -2.34. The molecular formula is C13H19NO. The number of likely N-dealkylation sites (tertiary alicyclic amines) is 1. The number of aliphatic hydroxyl groups is 1. The van der Waals surface area contributed by atoms with E-state index in [0.717, 1.165) is 26.1 Å². The lowest BCUT2D eigenvalue weighted by Crippen LogP contribution is -2.42. The Kier molecular flexibility index (Phi) is 3.39. The quantitative estimate of drug-likeness (QED) is 0.797. The first-order valence-corrected chi connectivity index (χ1v) is 5.70. The Morgan fingerprint density at radius 2 is 2.07 bits per heavy atom. The van der Waals surface area contributed by atoms with E-state index in [-0.39, 0.29) is 6.10 Å². The number of nitrogens with zero attached hydrogens (tertiary/aromatic N) is 1. The van der Waals surface area contributed by atoms with Crippen LogP contribution in [0.15, 0.2) is 30.3 Å². The van der Waals surface area contributed by atoms with Crippen LogP contribution in [-0.2, 0) is 6.54 Å². The summed E-state index contributed by atoms with van der Waals surface area (Å²) in [6, 6.07) is 10.5. The number of hydrogen-bond acceptors (Lipinski definition) is 2. The first kappa shape index (κ1) is 10.7. The predicted molar refractivity (Wildman–Crippen MR) is 61.5 cm³/mol. The summed E-state index contributed by atoms with van der Waals surface area (Å²) in [5.74, 6) is 0.456. The molecule has 1 N–H and O–H groups in total. The van der Waals surface area contributed by atoms with Crippen LogP contribution < -0.4 is 0 Å². The zero-order chi connectivity index (χ0) is 10.7. The largest absolute Gasteiger partial charge is 0.392 e. The van der Waals surface area contributed by atoms with Crippen LogP contribution in [0.25, 0.3) is 0 Å². The van der Waals surface area contributed by atoms with Gasteiger partial charge in [0.05, 0.1) is 6.10 Å². The molecule has 1 aliphatic rings. The highest BCUT2D eigenvalue weighted by Crippen LogP contribution is 2.18. The monoisotopic (exact) mass is 205 g/mol. The molecule has 1 fully saturated rings. The molecule has 0 radical (unpaired) electrons. The highest BCUT2D eigenvalue weighted by Gasteiger charge is 2.23. The van der Waals surface area contributed by atoms with E-state index in [4.69, 9.17) is 0 Å². The zero-order valence-corrected chi connectivity index (χ0v) is 9.26. The molecule has 1 saturated heterocycles. The fraction of sp³-hybridized carbons (Fsp3) is 0.538. The summed E-state index contributed by atoms with van der Waals surface area (Å²) in [4.78, 5) is 2.33. The van der Waals surface area contributed by atoms with E-state index in [9.17, 15) is 5.11 Å². The van der Waals surface area contributed by atoms with Crippen LogP contribution >= 0.6 is 0 Å². The highest BCUT2D eigenvalue weighted by atomic mass is 16.3. The number of aliphatic hydroxyl groups excluding tert-OH is 1. The molecule has 1 heterocycles. The van der Waals surface area contributed by atoms with Crippen molar-refractivity contribution < 1.29 is 5.11 Å². The number of β-amino-alcohol motifs (C(OH)–C–C–N with tert-alkyl or cyclic N) is 1. The molecule has 1 aromatic carbocycles. The van der Waals surface area contributed by atoms with Gasteiger partial charge in [-0.25, -0.2) is 0 Å². The first-order chi connectivity index (χ1) is 7.25. The third kappa shape index (κ3) is 2.80. The van der Waals surface area contributed by atoms with Gasteiger partial charge in [-0.2, -0.15) is 0 Å². The van der Waals surface area contributed by atoms with Crippen LogP contribution in [0.2, 0.25) is 0 Å². The number of piperidine rings is 1. The highest BCUT2D eigenvalue weighted by molar-refractivity contribution is 5.14. The van der Waals surface area contributed by atoms with Crippen molar-refractivity contribution >= 4 is 0 Å². The van der Waals surface area contributed by atoms with Gasteiger partial charge < -0.3 is 5.11 Å². The Morgan fingerprint density at radius 1 is 1.33 bits per heavy atom. The molecule has 15 heavy (non-hydrogen) atoms. The molecule has 0 saturated carbocycles. The van der Waals surface area contributed by atoms with Crippen LogP contribution in [0.4, 0.5) is 0 Å². The Morgan fingerprint density at radius 3 is 2.73 bits per heavy atom. The molecule has 0 unspecified atom stereocenters. The van der Waals surface area contributed by atoms with Crippen molar-refractivity contribution in [1.29, 1.82) is 0 Å². The van der Waals surface area contributed by atoms with Gasteiger partial charge in [-0.3, -0.25) is 4.90 Å². The van der Waals surface area contributed by atoms with Gasteiger partial charge in [-0.1, -0.05) is 37.3 Å². The van der Waals surface area contributed by atoms with E-state index in [1.54, 1.807) is 0 Å². The van der Waals surface area contributed by atoms with Gasteiger partial charge in [-0.15, -0.1) is 0 Å². The fourth-order valence-corrected chi connectivity index (χ4v) is 2.10. The van der Waals surface area contributed by atoms with E-state index in [2.05, 4.69) is 36.1 Å². The standard InChI is InChI=1S/C13H19NO/c1-11-7-8-14(10-13(11)15)9-12-5-3-2-4-6-12/h2-6,11,13,15H,7-10H2,1H3/t11-,13+/m1/s1. The third-order valence-corrected chi connectivity index (χ3v) is 3.25. The first-order valence-electron chi connectivity index (χ1n) is 5.70. The molecule has 0 bridgehead atoms. The summed E-state index contributed by atoms with van der Waals surface area (Å²) in [6.07, 6.45) is 0.955. The van der Waals surface area contributed by atoms with Crippen molar-refractivity contribution in [3.05, 3.63) is 35.9 Å². The normalized spacial score (nSPS) is 27.9. The second-order valence-corrected chi connectivity index (χ2v) is 4.55. The van der Waals surface area contributed by atoms with Crippen molar-refractivity contribution in [1.82, 2.24) is 4.90 Å². The molecule has 0 aromatic heterocycles. The van der Waals surface area contributed by atoms with Gasteiger partial charge in [0.25, 0.3) is 0 Å². The summed E-state index contributed by atoms with van der Waals surface area (Å²) < 4.78 is 0. The minimum absolute atomic E-state index is 0.150. The van der Waals surface area contributed by atoms with Crippen molar-refractivity contribution in [2.75, 3.05) is 13.1 Å². The van der Waals surface area contributed by atoms with Gasteiger partial charge in [0.1, 0.15) is 0 Å². The molecule has 1 aromatic rings. The van der Waals surface area contributed by atoms with Crippen molar-refractivity contribution in [3.8, 4) is 0 Å². The predicted octanol–water partition coefficient (Wildman–Crippen LogP) is 1.89. The third-order valence-electron chi connectivity index (χ3n) is 3.25. The second kappa shape index (κ2) is 4.77. The average Bonchev–Trinajstić information content (AvgIpc) is 2.25. The van der Waals surface area contributed by atoms with Crippen LogP contribution in [0.3, 0.4) is 0 Å². The van der Waals surface area contributed by atoms with E-state index < -0.39 is 0 Å². The van der Waals surface area contributed by atoms with Crippen molar-refractivity contribution in [2.45, 2.75) is 26.0 Å². The minimum atomic E-state index is -0.150. The maximum atomic E-state index is 9.78. The molecule has 2 heteroatoms. The molecule has 2 rings (SSSR count). The van der Waals surface area contributed by atoms with Gasteiger partial charge in [0.2, 0.25) is 0 Å². The second-order valence-electron chi connectivity index (χ2n) is 4.55. The minimum Gasteiger partial charge on any atom is -0.392 e. The number of rotatable bonds is 2. The Labute approximate surface area is 91.5 Å². The SMILES string of the molecule is C[C@@H]1CCN(Cc2ccccc2)C[C@@H]1O. The van der Waals surface area contributed by atoms with Gasteiger partial charge >= 0.3 is 0 Å².